The van der Waals surface area contributed by atoms with Gasteiger partial charge in [0, 0.05) is 38.0 Å². The molecule has 6 heteroatoms. The number of hydrogen-bond acceptors (Lipinski definition) is 3. The number of carbonyl (C=O) groups is 1. The third kappa shape index (κ3) is 3.75. The fourth-order valence-electron chi connectivity index (χ4n) is 3.65. The van der Waals surface area contributed by atoms with Gasteiger partial charge in [0.15, 0.2) is 0 Å². The summed E-state index contributed by atoms with van der Waals surface area (Å²) in [6.45, 7) is 2.52. The van der Waals surface area contributed by atoms with Gasteiger partial charge in [-0.1, -0.05) is 30.3 Å². The first-order chi connectivity index (χ1) is 10.9. The fraction of sp³-hybridized carbons (Fsp3) is 0.588. The molecule has 5 nitrogen and oxygen atoms in total. The molecule has 1 unspecified atom stereocenters. The smallest absolute Gasteiger partial charge is 0.225 e. The zero-order valence-electron chi connectivity index (χ0n) is 13.5. The van der Waals surface area contributed by atoms with Crippen molar-refractivity contribution in [1.29, 1.82) is 0 Å². The Morgan fingerprint density at radius 3 is 2.30 bits per heavy atom. The predicted molar refractivity (Wildman–Crippen MR) is 89.5 cm³/mol. The maximum absolute atomic E-state index is 12.7. The van der Waals surface area contributed by atoms with Gasteiger partial charge in [0.25, 0.3) is 0 Å². The van der Waals surface area contributed by atoms with Crippen molar-refractivity contribution in [3.8, 4) is 0 Å². The molecule has 0 aromatic heterocycles. The van der Waals surface area contributed by atoms with Crippen LogP contribution in [-0.4, -0.2) is 56.0 Å². The van der Waals surface area contributed by atoms with Crippen LogP contribution >= 0.6 is 0 Å². The summed E-state index contributed by atoms with van der Waals surface area (Å²) in [5.74, 6) is 0.607. The number of carbonyl (C=O) groups excluding carboxylic acids is 1. The van der Waals surface area contributed by atoms with Crippen molar-refractivity contribution in [2.75, 3.05) is 32.4 Å². The summed E-state index contributed by atoms with van der Waals surface area (Å²) in [7, 11) is -3.13. The fourth-order valence-corrected chi connectivity index (χ4v) is 4.52. The van der Waals surface area contributed by atoms with Crippen molar-refractivity contribution in [3.05, 3.63) is 35.9 Å². The van der Waals surface area contributed by atoms with Gasteiger partial charge in [-0.25, -0.2) is 12.7 Å². The van der Waals surface area contributed by atoms with Gasteiger partial charge >= 0.3 is 0 Å². The van der Waals surface area contributed by atoms with Crippen molar-refractivity contribution in [2.45, 2.75) is 25.2 Å². The molecule has 0 radical (unpaired) electrons. The Balaban J connectivity index is 1.56. The van der Waals surface area contributed by atoms with Crippen molar-refractivity contribution >= 4 is 15.9 Å². The summed E-state index contributed by atoms with van der Waals surface area (Å²) in [6.07, 6.45) is 3.52. The average molecular weight is 336 g/mol. The molecular weight excluding hydrogens is 312 g/mol. The quantitative estimate of drug-likeness (QED) is 0.844. The van der Waals surface area contributed by atoms with Gasteiger partial charge in [0.05, 0.1) is 6.26 Å². The molecule has 126 valence electrons. The van der Waals surface area contributed by atoms with Gasteiger partial charge < -0.3 is 4.90 Å². The molecule has 0 saturated carbocycles. The number of sulfonamides is 1. The number of amides is 1. The van der Waals surface area contributed by atoms with Crippen LogP contribution in [0, 0.1) is 5.92 Å². The van der Waals surface area contributed by atoms with Crippen LogP contribution in [0.3, 0.4) is 0 Å². The summed E-state index contributed by atoms with van der Waals surface area (Å²) in [6, 6.07) is 10.4. The summed E-state index contributed by atoms with van der Waals surface area (Å²) >= 11 is 0. The number of rotatable bonds is 3. The molecule has 23 heavy (non-hydrogen) atoms. The highest BCUT2D eigenvalue weighted by atomic mass is 32.2. The lowest BCUT2D eigenvalue weighted by Crippen LogP contribution is -2.43. The van der Waals surface area contributed by atoms with Gasteiger partial charge in [0.2, 0.25) is 15.9 Å². The molecule has 2 heterocycles. The number of benzene rings is 1. The van der Waals surface area contributed by atoms with Crippen LogP contribution in [0.25, 0.3) is 0 Å². The number of likely N-dealkylation sites (tertiary alicyclic amines) is 1. The summed E-state index contributed by atoms with van der Waals surface area (Å²) in [5.41, 5.74) is 1.30. The van der Waals surface area contributed by atoms with E-state index in [2.05, 4.69) is 12.1 Å². The molecular formula is C17H24N2O3S. The Hall–Kier alpha value is -1.40. The maximum atomic E-state index is 12.7. The van der Waals surface area contributed by atoms with E-state index in [-0.39, 0.29) is 11.8 Å². The lowest BCUT2D eigenvalue weighted by molar-refractivity contribution is -0.135. The van der Waals surface area contributed by atoms with E-state index < -0.39 is 10.0 Å². The van der Waals surface area contributed by atoms with E-state index in [9.17, 15) is 13.2 Å². The molecule has 1 atom stereocenters. The van der Waals surface area contributed by atoms with E-state index in [0.29, 0.717) is 31.8 Å². The molecule has 3 rings (SSSR count). The predicted octanol–water partition coefficient (Wildman–Crippen LogP) is 1.67. The van der Waals surface area contributed by atoms with Crippen molar-refractivity contribution < 1.29 is 13.2 Å². The first kappa shape index (κ1) is 16.5. The second kappa shape index (κ2) is 6.61. The largest absolute Gasteiger partial charge is 0.342 e. The van der Waals surface area contributed by atoms with Crippen LogP contribution in [0.1, 0.15) is 30.7 Å². The Kier molecular flexibility index (Phi) is 4.73. The lowest BCUT2D eigenvalue weighted by atomic mass is 9.96. The first-order valence-corrected chi connectivity index (χ1v) is 10.1. The van der Waals surface area contributed by atoms with E-state index in [0.717, 1.165) is 19.5 Å². The first-order valence-electron chi connectivity index (χ1n) is 8.24. The van der Waals surface area contributed by atoms with E-state index in [4.69, 9.17) is 0 Å². The maximum Gasteiger partial charge on any atom is 0.225 e. The zero-order valence-corrected chi connectivity index (χ0v) is 14.3. The third-order valence-corrected chi connectivity index (χ3v) is 6.35. The summed E-state index contributed by atoms with van der Waals surface area (Å²) in [5, 5.41) is 0. The molecule has 2 aliphatic heterocycles. The third-order valence-electron chi connectivity index (χ3n) is 5.04. The van der Waals surface area contributed by atoms with Crippen LogP contribution in [0.4, 0.5) is 0 Å². The normalized spacial score (nSPS) is 24.0. The van der Waals surface area contributed by atoms with Crippen LogP contribution in [-0.2, 0) is 14.8 Å². The van der Waals surface area contributed by atoms with Gasteiger partial charge in [-0.05, 0) is 24.8 Å². The van der Waals surface area contributed by atoms with E-state index in [1.807, 2.05) is 23.1 Å². The highest BCUT2D eigenvalue weighted by Gasteiger charge is 2.34. The molecule has 1 aromatic rings. The standard InChI is InChI=1S/C17H24N2O3S/c1-23(21,22)19-11-8-15(9-12-19)17(20)18-10-7-16(13-18)14-5-3-2-4-6-14/h2-6,15-16H,7-13H2,1H3. The SMILES string of the molecule is CS(=O)(=O)N1CCC(C(=O)N2CCC(c3ccccc3)C2)CC1. The number of hydrogen-bond donors (Lipinski definition) is 0. The van der Waals surface area contributed by atoms with Gasteiger partial charge in [-0.3, -0.25) is 4.79 Å². The van der Waals surface area contributed by atoms with Crippen molar-refractivity contribution in [3.63, 3.8) is 0 Å². The second-order valence-corrected chi connectivity index (χ2v) is 8.60. The van der Waals surface area contributed by atoms with Crippen LogP contribution in [0.2, 0.25) is 0 Å². The molecule has 2 fully saturated rings. The average Bonchev–Trinajstić information content (AvgIpc) is 3.04. The topological polar surface area (TPSA) is 57.7 Å². The van der Waals surface area contributed by atoms with Crippen molar-refractivity contribution in [2.24, 2.45) is 5.92 Å². The monoisotopic (exact) mass is 336 g/mol. The molecule has 1 aromatic carbocycles. The molecule has 0 N–H and O–H groups in total. The van der Waals surface area contributed by atoms with Gasteiger partial charge in [-0.15, -0.1) is 0 Å². The minimum Gasteiger partial charge on any atom is -0.342 e. The molecule has 2 saturated heterocycles. The van der Waals surface area contributed by atoms with Gasteiger partial charge in [-0.2, -0.15) is 0 Å². The number of piperidine rings is 1. The Bertz CT molecular complexity index is 652. The highest BCUT2D eigenvalue weighted by Crippen LogP contribution is 2.30. The summed E-state index contributed by atoms with van der Waals surface area (Å²) in [4.78, 5) is 14.7. The summed E-state index contributed by atoms with van der Waals surface area (Å²) < 4.78 is 24.6. The van der Waals surface area contributed by atoms with Crippen LogP contribution in [0.5, 0.6) is 0 Å². The molecule has 0 aliphatic carbocycles. The van der Waals surface area contributed by atoms with E-state index >= 15 is 0 Å². The Morgan fingerprint density at radius 2 is 1.70 bits per heavy atom. The second-order valence-electron chi connectivity index (χ2n) is 6.62. The minimum absolute atomic E-state index is 0.0254. The van der Waals surface area contributed by atoms with Crippen LogP contribution in [0.15, 0.2) is 30.3 Å². The Labute approximate surface area is 138 Å². The lowest BCUT2D eigenvalue weighted by Gasteiger charge is -2.31. The van der Waals surface area contributed by atoms with Gasteiger partial charge in [0.1, 0.15) is 0 Å². The highest BCUT2D eigenvalue weighted by molar-refractivity contribution is 7.88. The molecule has 1 amide bonds. The molecule has 2 aliphatic rings. The Morgan fingerprint density at radius 1 is 1.04 bits per heavy atom. The zero-order chi connectivity index (χ0) is 16.4. The minimum atomic E-state index is -3.13. The van der Waals surface area contributed by atoms with Crippen LogP contribution < -0.4 is 0 Å². The van der Waals surface area contributed by atoms with E-state index in [1.165, 1.54) is 16.1 Å². The van der Waals surface area contributed by atoms with E-state index in [1.54, 1.807) is 0 Å². The number of nitrogens with zero attached hydrogens (tertiary/aromatic N) is 2. The molecule has 0 spiro atoms. The molecule has 0 bridgehead atoms. The van der Waals surface area contributed by atoms with Crippen molar-refractivity contribution in [1.82, 2.24) is 9.21 Å².